The second-order valence-electron chi connectivity index (χ2n) is 4.97. The molecule has 0 saturated carbocycles. The molecule has 0 radical (unpaired) electrons. The summed E-state index contributed by atoms with van der Waals surface area (Å²) in [5, 5.41) is 10.4. The molecule has 2 aliphatic heterocycles. The standard InChI is InChI=1S/C10H12N5O5PS/c11-8-5-9(13-2-12-8)15(3-14-5)10-6(16)7-4(19-10)1-18-21(17,22)20-7/h2-4,6-7,10,16H,1H2,(H,17,22)(H2,11,12,13)/t4-,6-,7+,10-,21?/m1/s1. The molecular formula is C10H12N5O5PS. The number of rotatable bonds is 1. The van der Waals surface area contributed by atoms with Gasteiger partial charge in [-0.25, -0.2) is 15.0 Å². The lowest BCUT2D eigenvalue weighted by Crippen LogP contribution is -2.39. The van der Waals surface area contributed by atoms with Crippen molar-refractivity contribution in [1.82, 2.24) is 19.5 Å². The number of nitrogens with zero attached hydrogens (tertiary/aromatic N) is 4. The summed E-state index contributed by atoms with van der Waals surface area (Å²) < 4.78 is 17.6. The minimum absolute atomic E-state index is 0.0513. The van der Waals surface area contributed by atoms with Gasteiger partial charge in [0.05, 0.1) is 12.9 Å². The van der Waals surface area contributed by atoms with Crippen molar-refractivity contribution in [3.8, 4) is 0 Å². The molecule has 4 heterocycles. The Morgan fingerprint density at radius 2 is 2.23 bits per heavy atom. The summed E-state index contributed by atoms with van der Waals surface area (Å²) in [4.78, 5) is 21.8. The number of aliphatic hydroxyl groups is 1. The number of hydrogen-bond donors (Lipinski definition) is 3. The summed E-state index contributed by atoms with van der Waals surface area (Å²) in [7, 11) is 0. The maximum absolute atomic E-state index is 10.4. The van der Waals surface area contributed by atoms with Gasteiger partial charge in [-0.15, -0.1) is 0 Å². The van der Waals surface area contributed by atoms with E-state index >= 15 is 0 Å². The fraction of sp³-hybridized carbons (Fsp3) is 0.500. The molecule has 2 aromatic heterocycles. The Hall–Kier alpha value is -1.20. The highest BCUT2D eigenvalue weighted by molar-refractivity contribution is 8.07. The average Bonchev–Trinajstić information content (AvgIpc) is 3.01. The third-order valence-electron chi connectivity index (χ3n) is 3.63. The lowest BCUT2D eigenvalue weighted by molar-refractivity contribution is -0.0593. The van der Waals surface area contributed by atoms with E-state index in [4.69, 9.17) is 31.3 Å². The molecule has 0 bridgehead atoms. The van der Waals surface area contributed by atoms with Crippen LogP contribution in [0.4, 0.5) is 5.82 Å². The van der Waals surface area contributed by atoms with E-state index < -0.39 is 31.3 Å². The summed E-state index contributed by atoms with van der Waals surface area (Å²) in [6, 6.07) is 0. The van der Waals surface area contributed by atoms with Crippen LogP contribution in [-0.4, -0.2) is 54.4 Å². The van der Waals surface area contributed by atoms with Gasteiger partial charge in [-0.05, 0) is 11.8 Å². The molecule has 22 heavy (non-hydrogen) atoms. The zero-order valence-electron chi connectivity index (χ0n) is 11.0. The average molecular weight is 345 g/mol. The van der Waals surface area contributed by atoms with Gasteiger partial charge in [0.15, 0.2) is 17.7 Å². The number of imidazole rings is 1. The van der Waals surface area contributed by atoms with Gasteiger partial charge >= 0.3 is 6.72 Å². The first kappa shape index (κ1) is 14.4. The molecule has 0 spiro atoms. The van der Waals surface area contributed by atoms with Gasteiger partial charge in [0.2, 0.25) is 0 Å². The van der Waals surface area contributed by atoms with Crippen molar-refractivity contribution >= 4 is 35.5 Å². The fourth-order valence-corrected chi connectivity index (χ4v) is 4.07. The van der Waals surface area contributed by atoms with E-state index in [-0.39, 0.29) is 12.4 Å². The predicted molar refractivity (Wildman–Crippen MR) is 77.0 cm³/mol. The van der Waals surface area contributed by atoms with E-state index in [1.165, 1.54) is 12.7 Å². The van der Waals surface area contributed by atoms with Gasteiger partial charge < -0.3 is 25.0 Å². The molecule has 4 rings (SSSR count). The molecule has 2 aromatic rings. The van der Waals surface area contributed by atoms with Gasteiger partial charge in [0.1, 0.15) is 30.2 Å². The van der Waals surface area contributed by atoms with Crippen molar-refractivity contribution in [1.29, 1.82) is 0 Å². The molecule has 118 valence electrons. The second kappa shape index (κ2) is 4.90. The number of nitrogen functional groups attached to an aromatic ring is 1. The van der Waals surface area contributed by atoms with Crippen molar-refractivity contribution in [2.75, 3.05) is 12.3 Å². The number of aliphatic hydroxyl groups excluding tert-OH is 1. The third-order valence-corrected chi connectivity index (χ3v) is 5.19. The molecular weight excluding hydrogens is 333 g/mol. The molecule has 1 unspecified atom stereocenters. The molecule has 2 fully saturated rings. The smallest absolute Gasteiger partial charge is 0.325 e. The summed E-state index contributed by atoms with van der Waals surface area (Å²) in [6.07, 6.45) is -0.414. The zero-order valence-corrected chi connectivity index (χ0v) is 12.7. The van der Waals surface area contributed by atoms with E-state index in [0.717, 1.165) is 0 Å². The second-order valence-corrected chi connectivity index (χ2v) is 7.76. The van der Waals surface area contributed by atoms with Crippen molar-refractivity contribution in [3.63, 3.8) is 0 Å². The molecule has 0 aliphatic carbocycles. The van der Waals surface area contributed by atoms with Crippen LogP contribution in [-0.2, 0) is 25.6 Å². The normalized spacial score (nSPS) is 38.3. The Balaban J connectivity index is 1.71. The van der Waals surface area contributed by atoms with Crippen LogP contribution in [0.5, 0.6) is 0 Å². The van der Waals surface area contributed by atoms with Crippen LogP contribution in [0.1, 0.15) is 6.23 Å². The van der Waals surface area contributed by atoms with Gasteiger partial charge in [-0.3, -0.25) is 9.09 Å². The molecule has 10 nitrogen and oxygen atoms in total. The lowest BCUT2D eigenvalue weighted by Gasteiger charge is -2.30. The van der Waals surface area contributed by atoms with Gasteiger partial charge in [0, 0.05) is 0 Å². The molecule has 5 atom stereocenters. The first-order valence-electron chi connectivity index (χ1n) is 6.38. The van der Waals surface area contributed by atoms with Crippen molar-refractivity contribution in [3.05, 3.63) is 12.7 Å². The summed E-state index contributed by atoms with van der Waals surface area (Å²) >= 11 is 4.80. The van der Waals surface area contributed by atoms with Crippen LogP contribution >= 0.6 is 6.72 Å². The molecule has 4 N–H and O–H groups in total. The highest BCUT2D eigenvalue weighted by Crippen LogP contribution is 2.52. The highest BCUT2D eigenvalue weighted by atomic mass is 32.5. The predicted octanol–water partition coefficient (Wildman–Crippen LogP) is -0.701. The Kier molecular flexibility index (Phi) is 3.20. The Morgan fingerprint density at radius 3 is 3.05 bits per heavy atom. The summed E-state index contributed by atoms with van der Waals surface area (Å²) in [5.41, 5.74) is 6.58. The molecule has 2 aliphatic rings. The number of aromatic nitrogens is 4. The summed E-state index contributed by atoms with van der Waals surface area (Å²) in [5.74, 6) is 0.235. The number of ether oxygens (including phenoxy) is 1. The minimum atomic E-state index is -3.33. The van der Waals surface area contributed by atoms with E-state index in [0.29, 0.717) is 11.2 Å². The quantitative estimate of drug-likeness (QED) is 0.569. The van der Waals surface area contributed by atoms with Gasteiger partial charge in [-0.1, -0.05) is 0 Å². The Bertz CT molecular complexity index is 786. The molecule has 0 aromatic carbocycles. The number of anilines is 1. The fourth-order valence-electron chi connectivity index (χ4n) is 2.62. The van der Waals surface area contributed by atoms with E-state index in [1.54, 1.807) is 4.57 Å². The minimum Gasteiger partial charge on any atom is -0.386 e. The molecule has 0 amide bonds. The van der Waals surface area contributed by atoms with E-state index in [2.05, 4.69) is 15.0 Å². The largest absolute Gasteiger partial charge is 0.386 e. The lowest BCUT2D eigenvalue weighted by atomic mass is 10.1. The maximum atomic E-state index is 10.4. The van der Waals surface area contributed by atoms with Gasteiger partial charge in [-0.2, -0.15) is 0 Å². The summed E-state index contributed by atoms with van der Waals surface area (Å²) in [6.45, 7) is -3.28. The third kappa shape index (κ3) is 2.14. The van der Waals surface area contributed by atoms with Crippen LogP contribution in [0.2, 0.25) is 0 Å². The van der Waals surface area contributed by atoms with Crippen molar-refractivity contribution < 1.29 is 23.8 Å². The number of nitrogens with two attached hydrogens (primary N) is 1. The van der Waals surface area contributed by atoms with Crippen LogP contribution in [0.3, 0.4) is 0 Å². The monoisotopic (exact) mass is 345 g/mol. The zero-order chi connectivity index (χ0) is 15.5. The van der Waals surface area contributed by atoms with E-state index in [1.807, 2.05) is 0 Å². The van der Waals surface area contributed by atoms with E-state index in [9.17, 15) is 10.00 Å². The van der Waals surface area contributed by atoms with Crippen LogP contribution in [0, 0.1) is 0 Å². The SMILES string of the molecule is Nc1ncnc2c1ncn2[C@@H]1O[C@@H]2COP(O)(=S)O[C@@H]2[C@H]1O. The molecule has 12 heteroatoms. The van der Waals surface area contributed by atoms with Crippen LogP contribution in [0.15, 0.2) is 12.7 Å². The first-order valence-corrected chi connectivity index (χ1v) is 8.97. The number of fused-ring (bicyclic) bond motifs is 2. The molecule has 2 saturated heterocycles. The highest BCUT2D eigenvalue weighted by Gasteiger charge is 2.51. The maximum Gasteiger partial charge on any atom is 0.325 e. The van der Waals surface area contributed by atoms with Gasteiger partial charge in [0.25, 0.3) is 0 Å². The van der Waals surface area contributed by atoms with Crippen molar-refractivity contribution in [2.24, 2.45) is 0 Å². The Labute approximate surface area is 129 Å². The Morgan fingerprint density at radius 1 is 1.41 bits per heavy atom. The van der Waals surface area contributed by atoms with Crippen LogP contribution < -0.4 is 5.73 Å². The van der Waals surface area contributed by atoms with Crippen molar-refractivity contribution in [2.45, 2.75) is 24.5 Å². The number of hydrogen-bond acceptors (Lipinski definition) is 9. The topological polar surface area (TPSA) is 138 Å². The van der Waals surface area contributed by atoms with Crippen LogP contribution in [0.25, 0.3) is 11.2 Å². The first-order chi connectivity index (χ1) is 10.5.